The molecule has 4 rings (SSSR count). The second kappa shape index (κ2) is 8.55. The fourth-order valence-electron chi connectivity index (χ4n) is 2.91. The molecule has 3 N–H and O–H groups in total. The Kier molecular flexibility index (Phi) is 6.15. The number of hydrogen-bond donors (Lipinski definition) is 2. The van der Waals surface area contributed by atoms with Gasteiger partial charge in [-0.15, -0.1) is 23.7 Å². The summed E-state index contributed by atoms with van der Waals surface area (Å²) in [7, 11) is 0. The molecule has 0 amide bonds. The zero-order chi connectivity index (χ0) is 17.9. The molecular weight excluding hydrogens is 380 g/mol. The molecule has 0 saturated carbocycles. The van der Waals surface area contributed by atoms with Gasteiger partial charge in [0.25, 0.3) is 0 Å². The number of nitrogens with two attached hydrogens (primary N) is 1. The van der Waals surface area contributed by atoms with Crippen LogP contribution in [0.25, 0.3) is 10.1 Å². The molecule has 1 aliphatic heterocycles. The normalized spacial score (nSPS) is 18.5. The summed E-state index contributed by atoms with van der Waals surface area (Å²) >= 11 is 1.51. The molecule has 2 aromatic carbocycles. The van der Waals surface area contributed by atoms with Gasteiger partial charge in [0.1, 0.15) is 11.9 Å². The highest BCUT2D eigenvalue weighted by atomic mass is 35.5. The smallest absolute Gasteiger partial charge is 0.163 e. The van der Waals surface area contributed by atoms with Crippen LogP contribution in [0.4, 0.5) is 0 Å². The Labute approximate surface area is 168 Å². The van der Waals surface area contributed by atoms with E-state index in [0.29, 0.717) is 6.61 Å². The van der Waals surface area contributed by atoms with Crippen molar-refractivity contribution >= 4 is 39.7 Å². The van der Waals surface area contributed by atoms with Gasteiger partial charge in [0.05, 0.1) is 11.5 Å². The summed E-state index contributed by atoms with van der Waals surface area (Å²) in [5, 5.41) is 8.63. The molecule has 4 nitrogen and oxygen atoms in total. The van der Waals surface area contributed by atoms with E-state index >= 15 is 0 Å². The van der Waals surface area contributed by atoms with Crippen LogP contribution in [0.3, 0.4) is 0 Å². The van der Waals surface area contributed by atoms with Crippen LogP contribution in [0, 0.1) is 17.3 Å². The van der Waals surface area contributed by atoms with E-state index in [1.54, 1.807) is 0 Å². The molecule has 1 saturated heterocycles. The number of hydrogen-bond acceptors (Lipinski definition) is 4. The molecule has 3 aromatic rings. The van der Waals surface area contributed by atoms with Crippen molar-refractivity contribution < 1.29 is 9.47 Å². The Balaban J connectivity index is 0.00000210. The zero-order valence-electron chi connectivity index (χ0n) is 14.5. The number of thiophene rings is 1. The van der Waals surface area contributed by atoms with E-state index in [1.165, 1.54) is 16.9 Å². The lowest BCUT2D eigenvalue weighted by Crippen LogP contribution is -2.13. The van der Waals surface area contributed by atoms with Gasteiger partial charge in [0, 0.05) is 22.1 Å². The van der Waals surface area contributed by atoms with Crippen LogP contribution >= 0.6 is 23.7 Å². The van der Waals surface area contributed by atoms with E-state index in [9.17, 15) is 0 Å². The highest BCUT2D eigenvalue weighted by Crippen LogP contribution is 2.28. The molecule has 0 spiro atoms. The van der Waals surface area contributed by atoms with Crippen LogP contribution in [0.5, 0.6) is 0 Å². The number of rotatable bonds is 3. The molecule has 1 fully saturated rings. The lowest BCUT2D eigenvalue weighted by molar-refractivity contribution is -0.0478. The van der Waals surface area contributed by atoms with Crippen LogP contribution < -0.4 is 5.73 Å². The number of amidine groups is 1. The second-order valence-electron chi connectivity index (χ2n) is 6.09. The van der Waals surface area contributed by atoms with E-state index in [4.69, 9.17) is 20.6 Å². The van der Waals surface area contributed by atoms with E-state index in [2.05, 4.69) is 24.0 Å². The van der Waals surface area contributed by atoms with Crippen molar-refractivity contribution in [3.63, 3.8) is 0 Å². The molecule has 2 heterocycles. The number of ether oxygens (including phenoxy) is 2. The molecule has 27 heavy (non-hydrogen) atoms. The number of halogens is 1. The fraction of sp³-hybridized carbons (Fsp3) is 0.190. The average molecular weight is 399 g/mol. The van der Waals surface area contributed by atoms with Gasteiger partial charge in [-0.2, -0.15) is 0 Å². The minimum absolute atomic E-state index is 0. The summed E-state index contributed by atoms with van der Waals surface area (Å²) in [5.74, 6) is 6.46. The average Bonchev–Trinajstić information content (AvgIpc) is 3.28. The van der Waals surface area contributed by atoms with Crippen molar-refractivity contribution in [2.45, 2.75) is 18.8 Å². The predicted octanol–water partition coefficient (Wildman–Crippen LogP) is 3.94. The standard InChI is InChI=1S/C21H18N2O2S.ClH/c22-21(23)19-12-17-15(7-4-8-18(17)26-19)9-10-16-13-24-20(25-16)11-14-5-2-1-3-6-14;/h1-8,12,16,20H,11,13H2,(H3,22,23);1H. The first kappa shape index (κ1) is 19.4. The summed E-state index contributed by atoms with van der Waals surface area (Å²) in [5.41, 5.74) is 7.70. The van der Waals surface area contributed by atoms with Crippen LogP contribution in [-0.2, 0) is 15.9 Å². The maximum absolute atomic E-state index is 7.61. The van der Waals surface area contributed by atoms with Crippen LogP contribution in [0.2, 0.25) is 0 Å². The largest absolute Gasteiger partial charge is 0.383 e. The van der Waals surface area contributed by atoms with Crippen molar-refractivity contribution in [1.82, 2.24) is 0 Å². The van der Waals surface area contributed by atoms with Crippen molar-refractivity contribution in [3.8, 4) is 11.8 Å². The SMILES string of the molecule is Cl.N=C(N)c1cc2c(C#CC3COC(Cc4ccccc4)O3)cccc2s1. The van der Waals surface area contributed by atoms with Crippen LogP contribution in [0.1, 0.15) is 16.0 Å². The highest BCUT2D eigenvalue weighted by Gasteiger charge is 2.24. The lowest BCUT2D eigenvalue weighted by atomic mass is 10.1. The lowest BCUT2D eigenvalue weighted by Gasteiger charge is -2.08. The monoisotopic (exact) mass is 398 g/mol. The number of nitrogens with one attached hydrogen (secondary N) is 1. The van der Waals surface area contributed by atoms with Gasteiger partial charge in [-0.1, -0.05) is 48.2 Å². The molecule has 0 aliphatic carbocycles. The van der Waals surface area contributed by atoms with Gasteiger partial charge in [0.15, 0.2) is 6.29 Å². The van der Waals surface area contributed by atoms with Gasteiger partial charge >= 0.3 is 0 Å². The summed E-state index contributed by atoms with van der Waals surface area (Å²) in [6.07, 6.45) is 0.240. The molecule has 6 heteroatoms. The van der Waals surface area contributed by atoms with Crippen molar-refractivity contribution in [1.29, 1.82) is 5.41 Å². The summed E-state index contributed by atoms with van der Waals surface area (Å²) in [6, 6.07) is 18.0. The third-order valence-electron chi connectivity index (χ3n) is 4.19. The molecule has 1 aromatic heterocycles. The second-order valence-corrected chi connectivity index (χ2v) is 7.17. The first-order valence-corrected chi connectivity index (χ1v) is 9.20. The third-order valence-corrected chi connectivity index (χ3v) is 5.32. The Morgan fingerprint density at radius 1 is 1.19 bits per heavy atom. The van der Waals surface area contributed by atoms with E-state index < -0.39 is 0 Å². The Bertz CT molecular complexity index is 1010. The molecular formula is C21H19ClN2O2S. The molecule has 0 radical (unpaired) electrons. The maximum Gasteiger partial charge on any atom is 0.163 e. The predicted molar refractivity (Wildman–Crippen MR) is 112 cm³/mol. The van der Waals surface area contributed by atoms with Gasteiger partial charge in [-0.25, -0.2) is 0 Å². The molecule has 2 unspecified atom stereocenters. The molecule has 1 aliphatic rings. The first-order chi connectivity index (χ1) is 12.7. The van der Waals surface area contributed by atoms with E-state index in [-0.39, 0.29) is 30.6 Å². The number of fused-ring (bicyclic) bond motifs is 1. The van der Waals surface area contributed by atoms with Crippen LogP contribution in [0.15, 0.2) is 54.6 Å². The highest BCUT2D eigenvalue weighted by molar-refractivity contribution is 7.20. The quantitative estimate of drug-likeness (QED) is 0.399. The van der Waals surface area contributed by atoms with Crippen molar-refractivity contribution in [2.75, 3.05) is 6.61 Å². The summed E-state index contributed by atoms with van der Waals surface area (Å²) in [4.78, 5) is 0.762. The summed E-state index contributed by atoms with van der Waals surface area (Å²) < 4.78 is 12.7. The van der Waals surface area contributed by atoms with Gasteiger partial charge in [0.2, 0.25) is 0 Å². The minimum Gasteiger partial charge on any atom is -0.383 e. The Morgan fingerprint density at radius 2 is 2.00 bits per heavy atom. The number of nitrogen functional groups attached to an aromatic ring is 1. The number of benzene rings is 2. The summed E-state index contributed by atoms with van der Waals surface area (Å²) in [6.45, 7) is 0.475. The Morgan fingerprint density at radius 3 is 2.78 bits per heavy atom. The first-order valence-electron chi connectivity index (χ1n) is 8.38. The maximum atomic E-state index is 7.61. The van der Waals surface area contributed by atoms with Crippen molar-refractivity contribution in [2.24, 2.45) is 5.73 Å². The fourth-order valence-corrected chi connectivity index (χ4v) is 3.86. The van der Waals surface area contributed by atoms with Gasteiger partial charge in [-0.3, -0.25) is 5.41 Å². The molecule has 0 bridgehead atoms. The van der Waals surface area contributed by atoms with Crippen molar-refractivity contribution in [3.05, 3.63) is 70.6 Å². The zero-order valence-corrected chi connectivity index (χ0v) is 16.1. The molecule has 2 atom stereocenters. The van der Waals surface area contributed by atoms with E-state index in [1.807, 2.05) is 42.5 Å². The third kappa shape index (κ3) is 4.49. The topological polar surface area (TPSA) is 68.3 Å². The van der Waals surface area contributed by atoms with Gasteiger partial charge in [-0.05, 0) is 23.8 Å². The molecule has 138 valence electrons. The van der Waals surface area contributed by atoms with Crippen LogP contribution in [-0.4, -0.2) is 24.8 Å². The minimum atomic E-state index is -0.252. The van der Waals surface area contributed by atoms with Gasteiger partial charge < -0.3 is 15.2 Å². The van der Waals surface area contributed by atoms with E-state index in [0.717, 1.165) is 26.9 Å². The Hall–Kier alpha value is -2.36.